The summed E-state index contributed by atoms with van der Waals surface area (Å²) in [5.41, 5.74) is 2.36. The van der Waals surface area contributed by atoms with Crippen LogP contribution in [-0.2, 0) is 4.79 Å². The molecule has 0 fully saturated rings. The second-order valence-corrected chi connectivity index (χ2v) is 2.91. The Morgan fingerprint density at radius 1 is 1.36 bits per heavy atom. The van der Waals surface area contributed by atoms with E-state index in [9.17, 15) is 4.79 Å². The Labute approximate surface area is 87.1 Å². The number of amides is 1. The molecule has 1 N–H and O–H groups in total. The molecule has 0 atom stereocenters. The van der Waals surface area contributed by atoms with Gasteiger partial charge in [0.05, 0.1) is 0 Å². The van der Waals surface area contributed by atoms with Gasteiger partial charge in [0.1, 0.15) is 0 Å². The van der Waals surface area contributed by atoms with Crippen LogP contribution in [0, 0.1) is 0 Å². The fourth-order valence-corrected chi connectivity index (χ4v) is 1.41. The van der Waals surface area contributed by atoms with Crippen molar-refractivity contribution < 1.29 is 4.79 Å². The van der Waals surface area contributed by atoms with Crippen LogP contribution in [-0.4, -0.2) is 5.91 Å². The molecule has 0 aromatic carbocycles. The van der Waals surface area contributed by atoms with Crippen molar-refractivity contribution in [3.05, 3.63) is 23.4 Å². The summed E-state index contributed by atoms with van der Waals surface area (Å²) in [5, 5.41) is 2.89. The molecule has 0 spiro atoms. The van der Waals surface area contributed by atoms with Crippen LogP contribution < -0.4 is 5.32 Å². The van der Waals surface area contributed by atoms with Crippen molar-refractivity contribution in [1.82, 2.24) is 5.32 Å². The van der Waals surface area contributed by atoms with E-state index in [2.05, 4.69) is 18.3 Å². The molecule has 0 aromatic rings. The van der Waals surface area contributed by atoms with E-state index in [-0.39, 0.29) is 5.91 Å². The first kappa shape index (κ1) is 12.9. The Morgan fingerprint density at radius 2 is 2.00 bits per heavy atom. The molecule has 1 amide bonds. The Bertz CT molecular complexity index is 239. The Balaban J connectivity index is 0.000000791. The van der Waals surface area contributed by atoms with Gasteiger partial charge in [-0.2, -0.15) is 0 Å². The summed E-state index contributed by atoms with van der Waals surface area (Å²) in [5.74, 6) is 0.153. The molecule has 2 heteroatoms. The number of allylic oxidation sites excluding steroid dienone is 4. The van der Waals surface area contributed by atoms with Crippen LogP contribution in [0.5, 0.6) is 0 Å². The van der Waals surface area contributed by atoms with Gasteiger partial charge in [-0.1, -0.05) is 32.9 Å². The van der Waals surface area contributed by atoms with E-state index in [1.54, 1.807) is 0 Å². The van der Waals surface area contributed by atoms with Gasteiger partial charge in [0.2, 0.25) is 5.91 Å². The van der Waals surface area contributed by atoms with Crippen molar-refractivity contribution in [2.45, 2.75) is 47.0 Å². The standard InChI is InChI=1S/C10H15NO.C2H6/c1-3-5-8-6-7-10(12)11-9(8)4-2;1-2/h3,5H,4,6-7H2,1-2H3,(H,11,12);1-2H3/b5-3-;. The smallest absolute Gasteiger partial charge is 0.224 e. The molecule has 0 aromatic heterocycles. The molecule has 1 rings (SSSR count). The quantitative estimate of drug-likeness (QED) is 0.720. The van der Waals surface area contributed by atoms with Crippen molar-refractivity contribution in [3.63, 3.8) is 0 Å². The normalized spacial score (nSPS) is 16.4. The number of carbonyl (C=O) groups is 1. The second-order valence-electron chi connectivity index (χ2n) is 2.91. The summed E-state index contributed by atoms with van der Waals surface area (Å²) >= 11 is 0. The molecule has 1 aliphatic rings. The van der Waals surface area contributed by atoms with Gasteiger partial charge < -0.3 is 5.32 Å². The number of hydrogen-bond acceptors (Lipinski definition) is 1. The van der Waals surface area contributed by atoms with Crippen LogP contribution in [0.2, 0.25) is 0 Å². The predicted octanol–water partition coefficient (Wildman–Crippen LogP) is 3.16. The van der Waals surface area contributed by atoms with Gasteiger partial charge in [-0.25, -0.2) is 0 Å². The molecule has 1 heterocycles. The van der Waals surface area contributed by atoms with Crippen LogP contribution in [0.4, 0.5) is 0 Å². The maximum absolute atomic E-state index is 11.0. The van der Waals surface area contributed by atoms with E-state index in [0.717, 1.165) is 18.5 Å². The highest BCUT2D eigenvalue weighted by Gasteiger charge is 2.13. The predicted molar refractivity (Wildman–Crippen MR) is 60.9 cm³/mol. The van der Waals surface area contributed by atoms with Crippen molar-refractivity contribution in [2.75, 3.05) is 0 Å². The molecule has 2 nitrogen and oxygen atoms in total. The minimum Gasteiger partial charge on any atom is -0.330 e. The average Bonchev–Trinajstić information content (AvgIpc) is 2.24. The average molecular weight is 195 g/mol. The maximum atomic E-state index is 11.0. The minimum absolute atomic E-state index is 0.153. The first-order chi connectivity index (χ1) is 6.77. The highest BCUT2D eigenvalue weighted by atomic mass is 16.1. The first-order valence-corrected chi connectivity index (χ1v) is 5.42. The van der Waals surface area contributed by atoms with E-state index < -0.39 is 0 Å². The summed E-state index contributed by atoms with van der Waals surface area (Å²) in [4.78, 5) is 11.0. The van der Waals surface area contributed by atoms with Gasteiger partial charge >= 0.3 is 0 Å². The summed E-state index contributed by atoms with van der Waals surface area (Å²) in [6.07, 6.45) is 6.52. The molecule has 0 unspecified atom stereocenters. The van der Waals surface area contributed by atoms with Crippen molar-refractivity contribution in [2.24, 2.45) is 0 Å². The van der Waals surface area contributed by atoms with Crippen molar-refractivity contribution in [3.8, 4) is 0 Å². The van der Waals surface area contributed by atoms with Gasteiger partial charge in [0, 0.05) is 12.1 Å². The fourth-order valence-electron chi connectivity index (χ4n) is 1.41. The number of carbonyl (C=O) groups excluding carboxylic acids is 1. The third-order valence-corrected chi connectivity index (χ3v) is 2.02. The largest absolute Gasteiger partial charge is 0.330 e. The monoisotopic (exact) mass is 195 g/mol. The summed E-state index contributed by atoms with van der Waals surface area (Å²) in [6.45, 7) is 8.06. The fraction of sp³-hybridized carbons (Fsp3) is 0.583. The molecule has 0 aliphatic carbocycles. The zero-order chi connectivity index (χ0) is 11.0. The minimum atomic E-state index is 0.153. The highest BCUT2D eigenvalue weighted by molar-refractivity contribution is 5.79. The summed E-state index contributed by atoms with van der Waals surface area (Å²) in [6, 6.07) is 0. The van der Waals surface area contributed by atoms with Gasteiger partial charge in [-0.15, -0.1) is 0 Å². The molecule has 0 saturated heterocycles. The van der Waals surface area contributed by atoms with E-state index in [0.29, 0.717) is 6.42 Å². The van der Waals surface area contributed by atoms with Crippen molar-refractivity contribution >= 4 is 5.91 Å². The lowest BCUT2D eigenvalue weighted by Crippen LogP contribution is -2.27. The van der Waals surface area contributed by atoms with E-state index in [1.807, 2.05) is 26.8 Å². The number of hydrogen-bond donors (Lipinski definition) is 1. The van der Waals surface area contributed by atoms with Crippen LogP contribution in [0.3, 0.4) is 0 Å². The van der Waals surface area contributed by atoms with Crippen LogP contribution >= 0.6 is 0 Å². The SMILES string of the molecule is C/C=C\C1=C(CC)NC(=O)CC1.CC. The van der Waals surface area contributed by atoms with Crippen LogP contribution in [0.1, 0.15) is 47.0 Å². The first-order valence-electron chi connectivity index (χ1n) is 5.42. The number of nitrogens with one attached hydrogen (secondary N) is 1. The van der Waals surface area contributed by atoms with Crippen molar-refractivity contribution in [1.29, 1.82) is 0 Å². The van der Waals surface area contributed by atoms with Crippen LogP contribution in [0.15, 0.2) is 23.4 Å². The lowest BCUT2D eigenvalue weighted by atomic mass is 10.0. The summed E-state index contributed by atoms with van der Waals surface area (Å²) in [7, 11) is 0. The third kappa shape index (κ3) is 3.77. The van der Waals surface area contributed by atoms with Gasteiger partial charge in [-0.3, -0.25) is 4.79 Å². The molecular weight excluding hydrogens is 174 g/mol. The van der Waals surface area contributed by atoms with Gasteiger partial charge in [0.15, 0.2) is 0 Å². The topological polar surface area (TPSA) is 29.1 Å². The Morgan fingerprint density at radius 3 is 2.50 bits per heavy atom. The van der Waals surface area contributed by atoms with E-state index in [4.69, 9.17) is 0 Å². The van der Waals surface area contributed by atoms with Crippen LogP contribution in [0.25, 0.3) is 0 Å². The molecule has 1 aliphatic heterocycles. The lowest BCUT2D eigenvalue weighted by Gasteiger charge is -2.17. The highest BCUT2D eigenvalue weighted by Crippen LogP contribution is 2.18. The maximum Gasteiger partial charge on any atom is 0.224 e. The number of rotatable bonds is 2. The molecule has 14 heavy (non-hydrogen) atoms. The molecular formula is C12H21NO. The molecule has 0 saturated carbocycles. The zero-order valence-corrected chi connectivity index (χ0v) is 9.68. The van der Waals surface area contributed by atoms with E-state index >= 15 is 0 Å². The Kier molecular flexibility index (Phi) is 6.81. The third-order valence-electron chi connectivity index (χ3n) is 2.02. The lowest BCUT2D eigenvalue weighted by molar-refractivity contribution is -0.120. The van der Waals surface area contributed by atoms with E-state index in [1.165, 1.54) is 5.57 Å². The van der Waals surface area contributed by atoms with Gasteiger partial charge in [-0.05, 0) is 25.3 Å². The molecule has 0 radical (unpaired) electrons. The molecule has 0 bridgehead atoms. The molecule has 80 valence electrons. The zero-order valence-electron chi connectivity index (χ0n) is 9.68. The summed E-state index contributed by atoms with van der Waals surface area (Å²) < 4.78 is 0. The Hall–Kier alpha value is -1.05. The second kappa shape index (κ2) is 7.36. The van der Waals surface area contributed by atoms with Gasteiger partial charge in [0.25, 0.3) is 0 Å².